The number of ether oxygens (including phenoxy) is 1. The fourth-order valence-corrected chi connectivity index (χ4v) is 3.82. The van der Waals surface area contributed by atoms with Gasteiger partial charge in [0.2, 0.25) is 0 Å². The lowest BCUT2D eigenvalue weighted by atomic mass is 9.79. The van der Waals surface area contributed by atoms with E-state index in [1.54, 1.807) is 0 Å². The summed E-state index contributed by atoms with van der Waals surface area (Å²) < 4.78 is 6.05. The molecule has 0 amide bonds. The fraction of sp³-hybridized carbons (Fsp3) is 0.500. The van der Waals surface area contributed by atoms with Crippen LogP contribution in [0.4, 0.5) is 0 Å². The lowest BCUT2D eigenvalue weighted by Gasteiger charge is -2.30. The van der Waals surface area contributed by atoms with Gasteiger partial charge in [0, 0.05) is 23.5 Å². The lowest BCUT2D eigenvalue weighted by Crippen LogP contribution is -2.33. The maximum Gasteiger partial charge on any atom is 0.0705 e. The highest BCUT2D eigenvalue weighted by molar-refractivity contribution is 5.82. The molecule has 112 valence electrons. The average molecular weight is 284 g/mol. The van der Waals surface area contributed by atoms with Gasteiger partial charge in [0.1, 0.15) is 0 Å². The summed E-state index contributed by atoms with van der Waals surface area (Å²) in [6, 6.07) is 10.9. The highest BCUT2D eigenvalue weighted by Crippen LogP contribution is 2.41. The van der Waals surface area contributed by atoms with Crippen LogP contribution in [0.3, 0.4) is 0 Å². The standard InChI is InChI=1S/C18H24N2O/c1-11-12(2)21-13(3)17(11)18(19-4)15-7-5-9-16-14(15)8-6-10-20-16/h5-13,17-19H,1-4H3. The molecule has 1 aromatic heterocycles. The maximum absolute atomic E-state index is 6.05. The van der Waals surface area contributed by atoms with E-state index in [-0.39, 0.29) is 12.1 Å². The van der Waals surface area contributed by atoms with Crippen LogP contribution in [0, 0.1) is 11.8 Å². The first-order chi connectivity index (χ1) is 10.1. The van der Waals surface area contributed by atoms with Gasteiger partial charge in [0.15, 0.2) is 0 Å². The molecular weight excluding hydrogens is 260 g/mol. The Hall–Kier alpha value is -1.45. The first-order valence-corrected chi connectivity index (χ1v) is 7.80. The second kappa shape index (κ2) is 5.74. The smallest absolute Gasteiger partial charge is 0.0705 e. The predicted octanol–water partition coefficient (Wildman–Crippen LogP) is 3.55. The van der Waals surface area contributed by atoms with E-state index in [1.807, 2.05) is 19.3 Å². The lowest BCUT2D eigenvalue weighted by molar-refractivity contribution is 0.0478. The SMILES string of the molecule is CNC(c1cccc2ncccc12)C1C(C)OC(C)C1C. The molecule has 5 unspecified atom stereocenters. The first-order valence-electron chi connectivity index (χ1n) is 7.80. The molecule has 0 bridgehead atoms. The summed E-state index contributed by atoms with van der Waals surface area (Å²) in [5.74, 6) is 1.00. The number of hydrogen-bond donors (Lipinski definition) is 1. The van der Waals surface area contributed by atoms with Crippen molar-refractivity contribution in [2.75, 3.05) is 7.05 Å². The number of nitrogens with one attached hydrogen (secondary N) is 1. The van der Waals surface area contributed by atoms with Gasteiger partial charge in [-0.2, -0.15) is 0 Å². The third-order valence-electron chi connectivity index (χ3n) is 5.03. The number of nitrogens with zero attached hydrogens (tertiary/aromatic N) is 1. The Bertz CT molecular complexity index is 622. The van der Waals surface area contributed by atoms with Gasteiger partial charge in [-0.15, -0.1) is 0 Å². The summed E-state index contributed by atoms with van der Waals surface area (Å²) in [6.45, 7) is 6.67. The molecule has 1 saturated heterocycles. The molecule has 2 heterocycles. The van der Waals surface area contributed by atoms with Crippen molar-refractivity contribution in [1.29, 1.82) is 0 Å². The van der Waals surface area contributed by atoms with Crippen LogP contribution in [-0.4, -0.2) is 24.2 Å². The van der Waals surface area contributed by atoms with Crippen molar-refractivity contribution in [3.63, 3.8) is 0 Å². The normalized spacial score (nSPS) is 30.7. The van der Waals surface area contributed by atoms with E-state index in [9.17, 15) is 0 Å². The number of hydrogen-bond acceptors (Lipinski definition) is 3. The Morgan fingerprint density at radius 3 is 2.57 bits per heavy atom. The molecule has 0 radical (unpaired) electrons. The molecule has 3 heteroatoms. The van der Waals surface area contributed by atoms with Crippen molar-refractivity contribution in [2.45, 2.75) is 39.0 Å². The molecule has 1 aliphatic rings. The molecule has 3 nitrogen and oxygen atoms in total. The zero-order chi connectivity index (χ0) is 15.0. The van der Waals surface area contributed by atoms with Crippen molar-refractivity contribution >= 4 is 10.9 Å². The van der Waals surface area contributed by atoms with Crippen molar-refractivity contribution in [1.82, 2.24) is 10.3 Å². The van der Waals surface area contributed by atoms with Gasteiger partial charge in [0.05, 0.1) is 17.7 Å². The van der Waals surface area contributed by atoms with E-state index in [0.29, 0.717) is 17.9 Å². The van der Waals surface area contributed by atoms with Crippen LogP contribution in [0.2, 0.25) is 0 Å². The van der Waals surface area contributed by atoms with Crippen LogP contribution >= 0.6 is 0 Å². The fourth-order valence-electron chi connectivity index (χ4n) is 3.82. The van der Waals surface area contributed by atoms with Gasteiger partial charge in [0.25, 0.3) is 0 Å². The zero-order valence-corrected chi connectivity index (χ0v) is 13.2. The summed E-state index contributed by atoms with van der Waals surface area (Å²) >= 11 is 0. The summed E-state index contributed by atoms with van der Waals surface area (Å²) in [4.78, 5) is 4.48. The molecule has 3 rings (SSSR count). The maximum atomic E-state index is 6.05. The second-order valence-corrected chi connectivity index (χ2v) is 6.17. The number of pyridine rings is 1. The van der Waals surface area contributed by atoms with Gasteiger partial charge in [-0.05, 0) is 44.5 Å². The first kappa shape index (κ1) is 14.5. The van der Waals surface area contributed by atoms with Gasteiger partial charge < -0.3 is 10.1 Å². The minimum absolute atomic E-state index is 0.263. The molecule has 0 saturated carbocycles. The molecule has 0 aliphatic carbocycles. The topological polar surface area (TPSA) is 34.2 Å². The predicted molar refractivity (Wildman–Crippen MR) is 86.2 cm³/mol. The monoisotopic (exact) mass is 284 g/mol. The van der Waals surface area contributed by atoms with E-state index in [0.717, 1.165) is 5.52 Å². The summed E-state index contributed by atoms with van der Waals surface area (Å²) in [5, 5.41) is 4.76. The third kappa shape index (κ3) is 2.45. The Morgan fingerprint density at radius 1 is 1.10 bits per heavy atom. The Labute approximate surface area is 126 Å². The Morgan fingerprint density at radius 2 is 1.90 bits per heavy atom. The molecule has 0 spiro atoms. The van der Waals surface area contributed by atoms with Gasteiger partial charge in [-0.25, -0.2) is 0 Å². The van der Waals surface area contributed by atoms with Crippen LogP contribution in [0.5, 0.6) is 0 Å². The minimum atomic E-state index is 0.263. The summed E-state index contributed by atoms with van der Waals surface area (Å²) in [6.07, 6.45) is 2.43. The van der Waals surface area contributed by atoms with Crippen LogP contribution in [-0.2, 0) is 4.74 Å². The molecule has 5 atom stereocenters. The van der Waals surface area contributed by atoms with Crippen LogP contribution < -0.4 is 5.32 Å². The van der Waals surface area contributed by atoms with Crippen molar-refractivity contribution in [2.24, 2.45) is 11.8 Å². The minimum Gasteiger partial charge on any atom is -0.375 e. The number of rotatable bonds is 3. The number of aromatic nitrogens is 1. The van der Waals surface area contributed by atoms with E-state index in [4.69, 9.17) is 4.74 Å². The molecule has 1 aromatic carbocycles. The average Bonchev–Trinajstić information content (AvgIpc) is 2.75. The highest BCUT2D eigenvalue weighted by Gasteiger charge is 2.42. The Balaban J connectivity index is 2.07. The van der Waals surface area contributed by atoms with Crippen molar-refractivity contribution in [3.8, 4) is 0 Å². The van der Waals surface area contributed by atoms with E-state index < -0.39 is 0 Å². The second-order valence-electron chi connectivity index (χ2n) is 6.17. The van der Waals surface area contributed by atoms with Crippen LogP contribution in [0.25, 0.3) is 10.9 Å². The Kier molecular flexibility index (Phi) is 3.96. The number of benzene rings is 1. The third-order valence-corrected chi connectivity index (χ3v) is 5.03. The molecule has 1 aliphatic heterocycles. The quantitative estimate of drug-likeness (QED) is 0.936. The van der Waals surface area contributed by atoms with E-state index >= 15 is 0 Å². The largest absolute Gasteiger partial charge is 0.375 e. The van der Waals surface area contributed by atoms with Crippen LogP contribution in [0.1, 0.15) is 32.4 Å². The van der Waals surface area contributed by atoms with Gasteiger partial charge >= 0.3 is 0 Å². The molecule has 2 aromatic rings. The molecule has 21 heavy (non-hydrogen) atoms. The van der Waals surface area contributed by atoms with Gasteiger partial charge in [-0.1, -0.05) is 25.1 Å². The molecular formula is C18H24N2O. The van der Waals surface area contributed by atoms with Gasteiger partial charge in [-0.3, -0.25) is 4.98 Å². The van der Waals surface area contributed by atoms with Crippen molar-refractivity contribution < 1.29 is 4.74 Å². The van der Waals surface area contributed by atoms with E-state index in [2.05, 4.69) is 55.3 Å². The molecule has 1 fully saturated rings. The number of fused-ring (bicyclic) bond motifs is 1. The summed E-state index contributed by atoms with van der Waals surface area (Å²) in [5.41, 5.74) is 2.38. The zero-order valence-electron chi connectivity index (χ0n) is 13.2. The van der Waals surface area contributed by atoms with Crippen molar-refractivity contribution in [3.05, 3.63) is 42.1 Å². The molecule has 1 N–H and O–H groups in total. The van der Waals surface area contributed by atoms with E-state index in [1.165, 1.54) is 10.9 Å². The highest BCUT2D eigenvalue weighted by atomic mass is 16.5. The van der Waals surface area contributed by atoms with Crippen LogP contribution in [0.15, 0.2) is 36.5 Å². The summed E-state index contributed by atoms with van der Waals surface area (Å²) in [7, 11) is 2.04.